The summed E-state index contributed by atoms with van der Waals surface area (Å²) in [6.07, 6.45) is 1.23. The molecular weight excluding hydrogens is 565 g/mol. The third kappa shape index (κ3) is 5.46. The van der Waals surface area contributed by atoms with Gasteiger partial charge in [0, 0.05) is 19.3 Å². The monoisotopic (exact) mass is 587 g/mol. The zero-order chi connectivity index (χ0) is 31.0. The summed E-state index contributed by atoms with van der Waals surface area (Å²) in [5, 5.41) is 16.9. The number of hydrogen-bond acceptors (Lipinski definition) is 9. The number of fused-ring (bicyclic) bond motifs is 1. The molecule has 0 fully saturated rings. The molecule has 0 radical (unpaired) electrons. The average Bonchev–Trinajstić information content (AvgIpc) is 3.37. The summed E-state index contributed by atoms with van der Waals surface area (Å²) in [5.41, 5.74) is 3.72. The van der Waals surface area contributed by atoms with Gasteiger partial charge in [-0.3, -0.25) is 19.2 Å². The highest BCUT2D eigenvalue weighted by molar-refractivity contribution is 5.98. The number of halogens is 1. The molecule has 0 saturated heterocycles. The van der Waals surface area contributed by atoms with E-state index in [9.17, 15) is 38.3 Å². The lowest BCUT2D eigenvalue weighted by molar-refractivity contribution is 0.0695. The first kappa shape index (κ1) is 28.4. The summed E-state index contributed by atoms with van der Waals surface area (Å²) in [6, 6.07) is 9.52. The Balaban J connectivity index is 1.33. The van der Waals surface area contributed by atoms with Gasteiger partial charge in [0.05, 0.1) is 11.3 Å². The van der Waals surface area contributed by atoms with E-state index in [1.165, 1.54) is 24.4 Å². The number of benzene rings is 2. The van der Waals surface area contributed by atoms with Gasteiger partial charge in [0.1, 0.15) is 28.6 Å². The van der Waals surface area contributed by atoms with Gasteiger partial charge in [-0.1, -0.05) is 18.2 Å². The summed E-state index contributed by atoms with van der Waals surface area (Å²) in [5.74, 6) is -3.21. The number of carbonyl (C=O) groups excluding carboxylic acids is 2. The number of nitrogens with zero attached hydrogens (tertiary/aromatic N) is 2. The van der Waals surface area contributed by atoms with E-state index in [-0.39, 0.29) is 52.8 Å². The zero-order valence-corrected chi connectivity index (χ0v) is 22.3. The number of rotatable bonds is 9. The first-order chi connectivity index (χ1) is 20.4. The Morgan fingerprint density at radius 1 is 0.977 bits per heavy atom. The van der Waals surface area contributed by atoms with Gasteiger partial charge in [0.25, 0.3) is 22.7 Å². The SMILES string of the molecule is Cc1cc(CNC(=O)c2cc(C(=O)NCc3ccc(F)c(Nc4c(N)c(=O)c4=O)c3)nc3c[nH]c(=O)n23)ccc1C(=O)O. The van der Waals surface area contributed by atoms with Crippen molar-refractivity contribution in [2.45, 2.75) is 20.0 Å². The summed E-state index contributed by atoms with van der Waals surface area (Å²) in [6.45, 7) is 1.52. The number of anilines is 3. The second kappa shape index (κ2) is 11.0. The predicted octanol–water partition coefficient (Wildman–Crippen LogP) is 0.950. The van der Waals surface area contributed by atoms with Crippen LogP contribution in [0, 0.1) is 12.7 Å². The fourth-order valence-corrected chi connectivity index (χ4v) is 4.38. The van der Waals surface area contributed by atoms with E-state index in [2.05, 4.69) is 25.9 Å². The lowest BCUT2D eigenvalue weighted by Crippen LogP contribution is -2.36. The van der Waals surface area contributed by atoms with Gasteiger partial charge in [0.15, 0.2) is 5.65 Å². The predicted molar refractivity (Wildman–Crippen MR) is 152 cm³/mol. The molecule has 14 nitrogen and oxygen atoms in total. The van der Waals surface area contributed by atoms with E-state index in [0.29, 0.717) is 16.7 Å². The van der Waals surface area contributed by atoms with E-state index in [4.69, 9.17) is 5.73 Å². The zero-order valence-electron chi connectivity index (χ0n) is 22.3. The second-order valence-electron chi connectivity index (χ2n) is 9.52. The van der Waals surface area contributed by atoms with Crippen molar-refractivity contribution in [1.82, 2.24) is 25.0 Å². The molecule has 3 aromatic carbocycles. The van der Waals surface area contributed by atoms with Crippen LogP contribution in [0.3, 0.4) is 0 Å². The van der Waals surface area contributed by atoms with Gasteiger partial charge in [-0.15, -0.1) is 0 Å². The Labute approximate surface area is 239 Å². The van der Waals surface area contributed by atoms with Crippen LogP contribution < -0.4 is 38.2 Å². The van der Waals surface area contributed by atoms with Crippen LogP contribution in [0.2, 0.25) is 0 Å². The number of H-pyrrole nitrogens is 1. The number of carboxylic acids is 1. The number of hydrogen-bond donors (Lipinski definition) is 6. The highest BCUT2D eigenvalue weighted by Gasteiger charge is 2.21. The number of aromatic amines is 1. The minimum Gasteiger partial charge on any atom is -0.478 e. The van der Waals surface area contributed by atoms with Crippen molar-refractivity contribution in [3.8, 4) is 0 Å². The Kier molecular flexibility index (Phi) is 7.29. The van der Waals surface area contributed by atoms with Crippen LogP contribution in [-0.4, -0.2) is 37.3 Å². The number of nitrogens with two attached hydrogens (primary N) is 1. The Morgan fingerprint density at radius 3 is 2.33 bits per heavy atom. The first-order valence-electron chi connectivity index (χ1n) is 12.6. The molecule has 5 aromatic rings. The van der Waals surface area contributed by atoms with E-state index < -0.39 is 40.1 Å². The molecule has 0 spiro atoms. The normalized spacial score (nSPS) is 11.0. The second-order valence-corrected chi connectivity index (χ2v) is 9.52. The summed E-state index contributed by atoms with van der Waals surface area (Å²) < 4.78 is 15.3. The van der Waals surface area contributed by atoms with E-state index in [0.717, 1.165) is 16.5 Å². The van der Waals surface area contributed by atoms with Crippen LogP contribution >= 0.6 is 0 Å². The van der Waals surface area contributed by atoms with Crippen LogP contribution in [0.25, 0.3) is 5.65 Å². The van der Waals surface area contributed by atoms with Crippen molar-refractivity contribution < 1.29 is 23.9 Å². The molecule has 15 heteroatoms. The Hall–Kier alpha value is -6.12. The standard InChI is InChI=1S/C28H22FN7O7/c1-12-6-13(2-4-15(12)27(41)42)9-32-26(40)19-8-18(34-20-11-33-28(43)36(19)20)25(39)31-10-14-3-5-16(29)17(7-14)35-22-21(30)23(37)24(22)38/h2-8,11,35H,9-10,30H2,1H3,(H,31,39)(H,32,40)(H,33,43)(H,41,42). The maximum atomic E-state index is 14.3. The molecule has 218 valence electrons. The van der Waals surface area contributed by atoms with Gasteiger partial charge in [-0.2, -0.15) is 0 Å². The topological polar surface area (TPSA) is 218 Å². The summed E-state index contributed by atoms with van der Waals surface area (Å²) in [4.78, 5) is 79.3. The molecule has 0 atom stereocenters. The van der Waals surface area contributed by atoms with E-state index in [1.807, 2.05) is 0 Å². The molecule has 2 aromatic heterocycles. The van der Waals surface area contributed by atoms with Crippen LogP contribution in [0.1, 0.15) is 48.0 Å². The molecule has 0 aliphatic heterocycles. The van der Waals surface area contributed by atoms with Crippen molar-refractivity contribution in [3.05, 3.63) is 119 Å². The molecule has 5 rings (SSSR count). The van der Waals surface area contributed by atoms with Crippen LogP contribution in [-0.2, 0) is 13.1 Å². The number of nitrogen functional groups attached to an aromatic ring is 1. The third-order valence-electron chi connectivity index (χ3n) is 6.64. The number of carboxylic acid groups (broad SMARTS) is 1. The molecule has 7 N–H and O–H groups in total. The maximum absolute atomic E-state index is 14.3. The lowest BCUT2D eigenvalue weighted by Gasteiger charge is -2.13. The van der Waals surface area contributed by atoms with Gasteiger partial charge in [-0.05, 0) is 47.9 Å². The highest BCUT2D eigenvalue weighted by Crippen LogP contribution is 2.22. The highest BCUT2D eigenvalue weighted by atomic mass is 19.1. The average molecular weight is 588 g/mol. The van der Waals surface area contributed by atoms with E-state index >= 15 is 0 Å². The smallest absolute Gasteiger partial charge is 0.335 e. The number of aryl methyl sites for hydroxylation is 1. The van der Waals surface area contributed by atoms with Crippen molar-refractivity contribution in [2.75, 3.05) is 11.1 Å². The molecular formula is C28H22FN7O7. The van der Waals surface area contributed by atoms with Gasteiger partial charge in [-0.25, -0.2) is 23.4 Å². The number of nitrogens with one attached hydrogen (secondary N) is 4. The molecule has 0 bridgehead atoms. The minimum atomic E-state index is -1.08. The fourth-order valence-electron chi connectivity index (χ4n) is 4.38. The van der Waals surface area contributed by atoms with E-state index in [1.54, 1.807) is 19.1 Å². The lowest BCUT2D eigenvalue weighted by atomic mass is 10.1. The van der Waals surface area contributed by atoms with Crippen molar-refractivity contribution >= 4 is 40.5 Å². The number of amides is 2. The Bertz CT molecular complexity index is 2090. The maximum Gasteiger partial charge on any atom is 0.335 e. The summed E-state index contributed by atoms with van der Waals surface area (Å²) in [7, 11) is 0. The number of aromatic carboxylic acids is 1. The molecule has 2 amide bonds. The van der Waals surface area contributed by atoms with Crippen LogP contribution in [0.4, 0.5) is 21.5 Å². The molecule has 0 aliphatic carbocycles. The molecule has 0 unspecified atom stereocenters. The van der Waals surface area contributed by atoms with Crippen LogP contribution in [0.15, 0.2) is 63.0 Å². The minimum absolute atomic E-state index is 0.00306. The molecule has 2 heterocycles. The Morgan fingerprint density at radius 2 is 1.65 bits per heavy atom. The van der Waals surface area contributed by atoms with Crippen molar-refractivity contribution in [3.63, 3.8) is 0 Å². The number of imidazole rings is 1. The van der Waals surface area contributed by atoms with Gasteiger partial charge >= 0.3 is 11.7 Å². The van der Waals surface area contributed by atoms with Gasteiger partial charge in [0.2, 0.25) is 0 Å². The van der Waals surface area contributed by atoms with Gasteiger partial charge < -0.3 is 31.8 Å². The molecule has 0 aliphatic rings. The number of aromatic nitrogens is 3. The van der Waals surface area contributed by atoms with Crippen LogP contribution in [0.5, 0.6) is 0 Å². The fraction of sp³-hybridized carbons (Fsp3) is 0.107. The molecule has 0 saturated carbocycles. The third-order valence-corrected chi connectivity index (χ3v) is 6.64. The first-order valence-corrected chi connectivity index (χ1v) is 12.6. The van der Waals surface area contributed by atoms with Crippen molar-refractivity contribution in [2.24, 2.45) is 0 Å². The quantitative estimate of drug-likeness (QED) is 0.134. The van der Waals surface area contributed by atoms with Crippen molar-refractivity contribution in [1.29, 1.82) is 0 Å². The molecule has 43 heavy (non-hydrogen) atoms. The summed E-state index contributed by atoms with van der Waals surface area (Å²) >= 11 is 0. The largest absolute Gasteiger partial charge is 0.478 e. The number of carbonyl (C=O) groups is 3.